The van der Waals surface area contributed by atoms with Crippen LogP contribution in [0.25, 0.3) is 0 Å². The summed E-state index contributed by atoms with van der Waals surface area (Å²) in [4.78, 5) is 28.0. The van der Waals surface area contributed by atoms with Gasteiger partial charge in [-0.15, -0.1) is 0 Å². The maximum Gasteiger partial charge on any atom is 0.416 e. The highest BCUT2D eigenvalue weighted by molar-refractivity contribution is 6.19. The van der Waals surface area contributed by atoms with E-state index >= 15 is 0 Å². The molecular weight excluding hydrogens is 452 g/mol. The molecule has 0 radical (unpaired) electrons. The third-order valence-electron chi connectivity index (χ3n) is 6.42. The van der Waals surface area contributed by atoms with Crippen molar-refractivity contribution >= 4 is 23.1 Å². The molecule has 172 valence electrons. The molecule has 1 atom stereocenters. The largest absolute Gasteiger partial charge is 0.416 e. The van der Waals surface area contributed by atoms with Crippen LogP contribution < -0.4 is 16.0 Å². The number of alkyl halides is 3. The van der Waals surface area contributed by atoms with Crippen LogP contribution in [-0.2, 0) is 21.2 Å². The molecule has 0 unspecified atom stereocenters. The van der Waals surface area contributed by atoms with Crippen LogP contribution in [0.15, 0.2) is 65.1 Å². The minimum Gasteiger partial charge on any atom is -0.384 e. The van der Waals surface area contributed by atoms with Crippen LogP contribution in [0.2, 0.25) is 0 Å². The fourth-order valence-corrected chi connectivity index (χ4v) is 5.08. The van der Waals surface area contributed by atoms with Crippen LogP contribution in [0.4, 0.5) is 28.9 Å². The van der Waals surface area contributed by atoms with E-state index in [-0.39, 0.29) is 52.4 Å². The molecule has 0 saturated carbocycles. The second kappa shape index (κ2) is 7.18. The number of rotatable bonds is 1. The molecular formula is C24H16F4N4O2. The third kappa shape index (κ3) is 2.79. The summed E-state index contributed by atoms with van der Waals surface area (Å²) in [5, 5.41) is 12.7. The van der Waals surface area contributed by atoms with Crippen molar-refractivity contribution in [1.82, 2.24) is 0 Å². The zero-order valence-electron chi connectivity index (χ0n) is 17.5. The average molecular weight is 468 g/mol. The van der Waals surface area contributed by atoms with Crippen molar-refractivity contribution in [1.29, 1.82) is 5.26 Å². The van der Waals surface area contributed by atoms with Gasteiger partial charge in [-0.05, 0) is 49.2 Å². The van der Waals surface area contributed by atoms with Crippen molar-refractivity contribution in [3.8, 4) is 6.07 Å². The highest BCUT2D eigenvalue weighted by atomic mass is 19.4. The number of hydrogen-bond acceptors (Lipinski definition) is 5. The van der Waals surface area contributed by atoms with Crippen molar-refractivity contribution in [3.63, 3.8) is 0 Å². The van der Waals surface area contributed by atoms with Crippen molar-refractivity contribution in [2.24, 2.45) is 5.73 Å². The number of halogens is 4. The normalized spacial score (nSPS) is 22.0. The maximum absolute atomic E-state index is 14.3. The first-order chi connectivity index (χ1) is 16.1. The van der Waals surface area contributed by atoms with E-state index in [2.05, 4.69) is 5.32 Å². The lowest BCUT2D eigenvalue weighted by Crippen LogP contribution is -2.50. The van der Waals surface area contributed by atoms with Gasteiger partial charge in [-0.2, -0.15) is 18.4 Å². The van der Waals surface area contributed by atoms with Crippen LogP contribution in [0.3, 0.4) is 0 Å². The van der Waals surface area contributed by atoms with Crippen LogP contribution in [0.1, 0.15) is 30.4 Å². The highest BCUT2D eigenvalue weighted by Gasteiger charge is 2.60. The lowest BCUT2D eigenvalue weighted by atomic mass is 9.64. The summed E-state index contributed by atoms with van der Waals surface area (Å²) in [6.07, 6.45) is -3.98. The standard InChI is InChI=1S/C24H16F4N4O2/c25-13-7-8-17-15(10-13)23(22(34)31-17)16(11-29)21(30)32(18-5-2-6-19(33)20(18)23)14-4-1-3-12(9-14)24(26,27)28/h1,3-4,7-10H,2,5-6,30H2,(H,31,34)/t23-/m0/s1. The van der Waals surface area contributed by atoms with Gasteiger partial charge in [0.2, 0.25) is 5.91 Å². The summed E-state index contributed by atoms with van der Waals surface area (Å²) in [5.41, 5.74) is 3.55. The first-order valence-corrected chi connectivity index (χ1v) is 10.4. The second-order valence-electron chi connectivity index (χ2n) is 8.25. The predicted octanol–water partition coefficient (Wildman–Crippen LogP) is 4.26. The topological polar surface area (TPSA) is 99.2 Å². The van der Waals surface area contributed by atoms with Gasteiger partial charge in [0.05, 0.1) is 11.1 Å². The number of carbonyl (C=O) groups excluding carboxylic acids is 2. The van der Waals surface area contributed by atoms with E-state index in [0.29, 0.717) is 6.42 Å². The number of benzene rings is 2. The minimum absolute atomic E-state index is 0.00463. The molecule has 0 saturated heterocycles. The zero-order chi connectivity index (χ0) is 24.4. The van der Waals surface area contributed by atoms with Gasteiger partial charge in [-0.25, -0.2) is 4.39 Å². The molecule has 34 heavy (non-hydrogen) atoms. The Bertz CT molecular complexity index is 1390. The van der Waals surface area contributed by atoms with E-state index in [0.717, 1.165) is 24.3 Å². The number of allylic oxidation sites excluding steroid dienone is 1. The van der Waals surface area contributed by atoms with Gasteiger partial charge in [-0.3, -0.25) is 14.5 Å². The monoisotopic (exact) mass is 468 g/mol. The van der Waals surface area contributed by atoms with Gasteiger partial charge in [0.15, 0.2) is 5.78 Å². The van der Waals surface area contributed by atoms with Crippen LogP contribution in [0, 0.1) is 17.1 Å². The van der Waals surface area contributed by atoms with Crippen LogP contribution >= 0.6 is 0 Å². The van der Waals surface area contributed by atoms with Crippen molar-refractivity contribution in [2.45, 2.75) is 30.9 Å². The summed E-state index contributed by atoms with van der Waals surface area (Å²) in [6.45, 7) is 0. The van der Waals surface area contributed by atoms with Gasteiger partial charge in [0.1, 0.15) is 23.1 Å². The predicted molar refractivity (Wildman–Crippen MR) is 113 cm³/mol. The first kappa shape index (κ1) is 21.7. The number of ketones is 1. The fraction of sp³-hybridized carbons (Fsp3) is 0.208. The van der Waals surface area contributed by atoms with Gasteiger partial charge in [0.25, 0.3) is 0 Å². The Kier molecular flexibility index (Phi) is 4.59. The third-order valence-corrected chi connectivity index (χ3v) is 6.42. The second-order valence-corrected chi connectivity index (χ2v) is 8.25. The highest BCUT2D eigenvalue weighted by Crippen LogP contribution is 2.55. The van der Waals surface area contributed by atoms with Gasteiger partial charge < -0.3 is 11.1 Å². The smallest absolute Gasteiger partial charge is 0.384 e. The number of nitrogens with one attached hydrogen (secondary N) is 1. The Balaban J connectivity index is 1.85. The number of Topliss-reactive ketones (excluding diaryl/α,β-unsaturated/α-hetero) is 1. The SMILES string of the molecule is N#CC1=C(N)N(c2cccc(C(F)(F)F)c2)C2=C(C(=O)CCC2)[C@@]12C(=O)Nc1ccc(F)cc12. The van der Waals surface area contributed by atoms with E-state index in [1.807, 2.05) is 6.07 Å². The van der Waals surface area contributed by atoms with E-state index in [9.17, 15) is 32.4 Å². The van der Waals surface area contributed by atoms with Crippen LogP contribution in [0.5, 0.6) is 0 Å². The average Bonchev–Trinajstić information content (AvgIpc) is 3.05. The summed E-state index contributed by atoms with van der Waals surface area (Å²) >= 11 is 0. The molecule has 1 amide bonds. The van der Waals surface area contributed by atoms with Crippen molar-refractivity contribution < 1.29 is 27.2 Å². The number of amides is 1. The number of nitrogens with zero attached hydrogens (tertiary/aromatic N) is 2. The molecule has 0 aromatic heterocycles. The lowest BCUT2D eigenvalue weighted by Gasteiger charge is -2.43. The van der Waals surface area contributed by atoms with Crippen molar-refractivity contribution in [3.05, 3.63) is 82.1 Å². The lowest BCUT2D eigenvalue weighted by molar-refractivity contribution is -0.137. The fourth-order valence-electron chi connectivity index (χ4n) is 5.08. The molecule has 1 spiro atoms. The summed E-state index contributed by atoms with van der Waals surface area (Å²) in [5.74, 6) is -2.16. The Hall–Kier alpha value is -4.13. The Morgan fingerprint density at radius 1 is 1.12 bits per heavy atom. The quantitative estimate of drug-likeness (QED) is 0.610. The molecule has 3 aliphatic rings. The number of nitrogens with two attached hydrogens (primary N) is 1. The molecule has 2 heterocycles. The number of nitriles is 1. The molecule has 0 fully saturated rings. The van der Waals surface area contributed by atoms with Gasteiger partial charge in [0, 0.05) is 34.6 Å². The van der Waals surface area contributed by atoms with E-state index in [4.69, 9.17) is 5.73 Å². The number of carbonyl (C=O) groups is 2. The van der Waals surface area contributed by atoms with Crippen LogP contribution in [-0.4, -0.2) is 11.7 Å². The Morgan fingerprint density at radius 3 is 2.59 bits per heavy atom. The Labute approximate surface area is 190 Å². The minimum atomic E-state index is -4.63. The zero-order valence-corrected chi connectivity index (χ0v) is 17.5. The Morgan fingerprint density at radius 2 is 1.88 bits per heavy atom. The maximum atomic E-state index is 14.3. The molecule has 2 aliphatic heterocycles. The van der Waals surface area contributed by atoms with Gasteiger partial charge in [-0.1, -0.05) is 6.07 Å². The van der Waals surface area contributed by atoms with Crippen molar-refractivity contribution in [2.75, 3.05) is 10.2 Å². The summed E-state index contributed by atoms with van der Waals surface area (Å²) in [7, 11) is 0. The molecule has 2 aromatic rings. The number of fused-ring (bicyclic) bond motifs is 3. The number of hydrogen-bond donors (Lipinski definition) is 2. The molecule has 3 N–H and O–H groups in total. The first-order valence-electron chi connectivity index (χ1n) is 10.4. The summed E-state index contributed by atoms with van der Waals surface area (Å²) < 4.78 is 54.5. The van der Waals surface area contributed by atoms with E-state index < -0.39 is 34.7 Å². The number of anilines is 2. The molecule has 2 aromatic carbocycles. The summed E-state index contributed by atoms with van der Waals surface area (Å²) in [6, 6.07) is 9.76. The van der Waals surface area contributed by atoms with E-state index in [1.54, 1.807) is 0 Å². The molecule has 6 nitrogen and oxygen atoms in total. The molecule has 10 heteroatoms. The molecule has 5 rings (SSSR count). The molecule has 0 bridgehead atoms. The van der Waals surface area contributed by atoms with E-state index in [1.165, 1.54) is 23.1 Å². The molecule has 1 aliphatic carbocycles. The van der Waals surface area contributed by atoms with Gasteiger partial charge >= 0.3 is 6.18 Å².